The Hall–Kier alpha value is -1.98. The van der Waals surface area contributed by atoms with Crippen LogP contribution in [0, 0.1) is 0 Å². The summed E-state index contributed by atoms with van der Waals surface area (Å²) >= 11 is 1.74. The van der Waals surface area contributed by atoms with Gasteiger partial charge in [0.1, 0.15) is 11.5 Å². The lowest BCUT2D eigenvalue weighted by molar-refractivity contribution is 0.425. The van der Waals surface area contributed by atoms with Gasteiger partial charge in [-0.25, -0.2) is 9.29 Å². The van der Waals surface area contributed by atoms with Gasteiger partial charge in [0.15, 0.2) is 5.16 Å². The zero-order valence-corrected chi connectivity index (χ0v) is 13.2. The first-order chi connectivity index (χ1) is 10.8. The fraction of sp³-hybridized carbons (Fsp3) is 0.235. The normalized spacial score (nSPS) is 15.0. The monoisotopic (exact) mass is 311 g/mol. The average Bonchev–Trinajstić information content (AvgIpc) is 2.92. The van der Waals surface area contributed by atoms with E-state index in [4.69, 9.17) is 9.72 Å². The van der Waals surface area contributed by atoms with Gasteiger partial charge in [-0.1, -0.05) is 25.1 Å². The van der Waals surface area contributed by atoms with Gasteiger partial charge in [0, 0.05) is 25.7 Å². The highest BCUT2D eigenvalue weighted by Gasteiger charge is 2.20. The van der Waals surface area contributed by atoms with Crippen LogP contribution in [0.15, 0.2) is 53.7 Å². The van der Waals surface area contributed by atoms with E-state index in [0.717, 1.165) is 41.8 Å². The smallest absolute Gasteiger partial charge is 0.184 e. The zero-order chi connectivity index (χ0) is 14.9. The molecule has 4 rings (SSSR count). The minimum absolute atomic E-state index is 0.825. The minimum atomic E-state index is 0.825. The molecule has 0 saturated heterocycles. The fourth-order valence-electron chi connectivity index (χ4n) is 2.66. The molecule has 2 aromatic carbocycles. The number of likely N-dealkylation sites (N-methyl/N-ethyl adjacent to an activating group) is 1. The van der Waals surface area contributed by atoms with E-state index < -0.39 is 0 Å². The molecule has 0 atom stereocenters. The van der Waals surface area contributed by atoms with Crippen LogP contribution in [0.1, 0.15) is 6.92 Å². The maximum atomic E-state index is 5.89. The van der Waals surface area contributed by atoms with Gasteiger partial charge >= 0.3 is 0 Å². The highest BCUT2D eigenvalue weighted by Crippen LogP contribution is 2.32. The number of para-hydroxylation sites is 1. The van der Waals surface area contributed by atoms with Gasteiger partial charge < -0.3 is 9.30 Å². The maximum absolute atomic E-state index is 5.89. The van der Waals surface area contributed by atoms with E-state index in [9.17, 15) is 0 Å². The first-order valence-corrected chi connectivity index (χ1v) is 8.27. The van der Waals surface area contributed by atoms with Crippen LogP contribution in [0.3, 0.4) is 0 Å². The van der Waals surface area contributed by atoms with Crippen LogP contribution < -0.4 is 4.74 Å². The average molecular weight is 311 g/mol. The van der Waals surface area contributed by atoms with Crippen LogP contribution in [0.5, 0.6) is 11.5 Å². The van der Waals surface area contributed by atoms with Crippen molar-refractivity contribution < 1.29 is 4.74 Å². The van der Waals surface area contributed by atoms with Crippen molar-refractivity contribution in [2.75, 3.05) is 13.1 Å². The molecule has 0 bridgehead atoms. The van der Waals surface area contributed by atoms with Crippen molar-refractivity contribution in [1.29, 1.82) is 0 Å². The van der Waals surface area contributed by atoms with E-state index in [0.29, 0.717) is 0 Å². The first kappa shape index (κ1) is 13.7. The molecular weight excluding hydrogens is 294 g/mol. The Bertz CT molecular complexity index is 800. The van der Waals surface area contributed by atoms with Crippen molar-refractivity contribution in [3.05, 3.63) is 48.5 Å². The maximum Gasteiger partial charge on any atom is 0.184 e. The summed E-state index contributed by atoms with van der Waals surface area (Å²) in [5.41, 5.74) is 2.17. The number of hydrogen-bond donors (Lipinski definition) is 0. The molecule has 0 spiro atoms. The summed E-state index contributed by atoms with van der Waals surface area (Å²) in [6, 6.07) is 16.0. The van der Waals surface area contributed by atoms with E-state index in [-0.39, 0.29) is 0 Å². The number of hydrogen-bond acceptors (Lipinski definition) is 4. The first-order valence-electron chi connectivity index (χ1n) is 7.49. The Morgan fingerprint density at radius 2 is 1.95 bits per heavy atom. The molecule has 4 nitrogen and oxygen atoms in total. The zero-order valence-electron chi connectivity index (χ0n) is 12.4. The Morgan fingerprint density at radius 3 is 2.77 bits per heavy atom. The summed E-state index contributed by atoms with van der Waals surface area (Å²) < 4.78 is 10.5. The van der Waals surface area contributed by atoms with E-state index in [1.54, 1.807) is 11.9 Å². The SMILES string of the molecule is CCN1CCn2c(nc3cc(Oc4ccccc4)ccc32)S1. The molecule has 0 unspecified atom stereocenters. The predicted octanol–water partition coefficient (Wildman–Crippen LogP) is 4.17. The number of imidazole rings is 1. The van der Waals surface area contributed by atoms with Gasteiger partial charge in [-0.05, 0) is 36.2 Å². The third-order valence-electron chi connectivity index (χ3n) is 3.80. The van der Waals surface area contributed by atoms with Crippen molar-refractivity contribution in [3.63, 3.8) is 0 Å². The Labute approximate surface area is 133 Å². The van der Waals surface area contributed by atoms with E-state index in [2.05, 4.69) is 21.9 Å². The third-order valence-corrected chi connectivity index (χ3v) is 4.97. The Morgan fingerprint density at radius 1 is 1.09 bits per heavy atom. The number of ether oxygens (including phenoxy) is 1. The second-order valence-corrected chi connectivity index (χ2v) is 6.29. The molecule has 112 valence electrons. The van der Waals surface area contributed by atoms with Gasteiger partial charge in [0.25, 0.3) is 0 Å². The molecular formula is C17H17N3OS. The molecule has 5 heteroatoms. The van der Waals surface area contributed by atoms with Crippen LogP contribution >= 0.6 is 11.9 Å². The van der Waals surface area contributed by atoms with E-state index >= 15 is 0 Å². The molecule has 1 aromatic heterocycles. The lowest BCUT2D eigenvalue weighted by Crippen LogP contribution is -2.26. The topological polar surface area (TPSA) is 30.3 Å². The summed E-state index contributed by atoms with van der Waals surface area (Å²) in [7, 11) is 0. The van der Waals surface area contributed by atoms with Gasteiger partial charge in [-0.2, -0.15) is 0 Å². The lowest BCUT2D eigenvalue weighted by Gasteiger charge is -2.24. The van der Waals surface area contributed by atoms with Gasteiger partial charge in [0.2, 0.25) is 0 Å². The number of nitrogens with zero attached hydrogens (tertiary/aromatic N) is 3. The molecule has 1 aliphatic heterocycles. The summed E-state index contributed by atoms with van der Waals surface area (Å²) in [5, 5.41) is 1.07. The number of fused-ring (bicyclic) bond motifs is 3. The Balaban J connectivity index is 1.67. The molecule has 0 saturated carbocycles. The number of rotatable bonds is 3. The standard InChI is InChI=1S/C17H17N3OS/c1-2-19-10-11-20-16-9-8-14(12-15(16)18-17(20)22-19)21-13-6-4-3-5-7-13/h3-9,12H,2,10-11H2,1H3. The molecule has 1 aliphatic rings. The Kier molecular flexibility index (Phi) is 3.52. The molecule has 0 fully saturated rings. The number of aromatic nitrogens is 2. The van der Waals surface area contributed by atoms with Gasteiger partial charge in [-0.3, -0.25) is 0 Å². The van der Waals surface area contributed by atoms with E-state index in [1.165, 1.54) is 5.52 Å². The molecule has 0 N–H and O–H groups in total. The van der Waals surface area contributed by atoms with Crippen molar-refractivity contribution in [2.24, 2.45) is 0 Å². The summed E-state index contributed by atoms with van der Waals surface area (Å²) in [5.74, 6) is 1.67. The molecule has 22 heavy (non-hydrogen) atoms. The van der Waals surface area contributed by atoms with Gasteiger partial charge in [0.05, 0.1) is 11.0 Å². The van der Waals surface area contributed by atoms with Crippen LogP contribution in [0.4, 0.5) is 0 Å². The third kappa shape index (κ3) is 2.46. The van der Waals surface area contributed by atoms with E-state index in [1.807, 2.05) is 42.5 Å². The quantitative estimate of drug-likeness (QED) is 0.679. The predicted molar refractivity (Wildman–Crippen MR) is 89.4 cm³/mol. The van der Waals surface area contributed by atoms with Crippen LogP contribution in [0.2, 0.25) is 0 Å². The second kappa shape index (κ2) is 5.66. The molecule has 3 aromatic rings. The molecule has 0 aliphatic carbocycles. The second-order valence-electron chi connectivity index (χ2n) is 5.22. The molecule has 0 amide bonds. The van der Waals surface area contributed by atoms with Crippen molar-refractivity contribution in [2.45, 2.75) is 18.6 Å². The minimum Gasteiger partial charge on any atom is -0.457 e. The van der Waals surface area contributed by atoms with Crippen molar-refractivity contribution >= 4 is 23.0 Å². The lowest BCUT2D eigenvalue weighted by atomic mass is 10.3. The highest BCUT2D eigenvalue weighted by molar-refractivity contribution is 7.96. The number of benzene rings is 2. The highest BCUT2D eigenvalue weighted by atomic mass is 32.2. The van der Waals surface area contributed by atoms with Crippen LogP contribution in [-0.4, -0.2) is 26.9 Å². The summed E-state index contributed by atoms with van der Waals surface area (Å²) in [4.78, 5) is 4.76. The van der Waals surface area contributed by atoms with Crippen LogP contribution in [-0.2, 0) is 6.54 Å². The molecule has 2 heterocycles. The summed E-state index contributed by atoms with van der Waals surface area (Å²) in [6.07, 6.45) is 0. The van der Waals surface area contributed by atoms with Crippen LogP contribution in [0.25, 0.3) is 11.0 Å². The van der Waals surface area contributed by atoms with Crippen molar-refractivity contribution in [1.82, 2.24) is 13.9 Å². The molecule has 0 radical (unpaired) electrons. The van der Waals surface area contributed by atoms with Gasteiger partial charge in [-0.15, -0.1) is 0 Å². The largest absolute Gasteiger partial charge is 0.457 e. The van der Waals surface area contributed by atoms with Crippen molar-refractivity contribution in [3.8, 4) is 11.5 Å². The fourth-order valence-corrected chi connectivity index (χ4v) is 3.62. The summed E-state index contributed by atoms with van der Waals surface area (Å²) in [6.45, 7) is 5.26.